The maximum absolute atomic E-state index is 10.8. The zero-order valence-corrected chi connectivity index (χ0v) is 10.2. The minimum absolute atomic E-state index is 0.394. The molecule has 0 spiro atoms. The van der Waals surface area contributed by atoms with Gasteiger partial charge in [0.15, 0.2) is 0 Å². The van der Waals surface area contributed by atoms with Crippen molar-refractivity contribution in [3.63, 3.8) is 0 Å². The van der Waals surface area contributed by atoms with Crippen molar-refractivity contribution >= 4 is 13.7 Å². The summed E-state index contributed by atoms with van der Waals surface area (Å²) in [6.07, 6.45) is 0.211. The Morgan fingerprint density at radius 1 is 1.50 bits per heavy atom. The number of hydrogen-bond acceptors (Lipinski definition) is 4. The molecular weight excluding hydrogens is 237 g/mol. The SMILES string of the molecule is CCC[C@@H](O)[C@H](COP(=O)(O)O)NC(C)=O. The van der Waals surface area contributed by atoms with Crippen LogP contribution in [0.2, 0.25) is 0 Å². The molecule has 0 heterocycles. The fraction of sp³-hybridized carbons (Fsp3) is 0.875. The first-order valence-electron chi connectivity index (χ1n) is 4.91. The number of hydrogen-bond donors (Lipinski definition) is 4. The van der Waals surface area contributed by atoms with E-state index in [2.05, 4.69) is 9.84 Å². The highest BCUT2D eigenvalue weighted by atomic mass is 31.2. The van der Waals surface area contributed by atoms with Crippen LogP contribution in [0.15, 0.2) is 0 Å². The number of carbonyl (C=O) groups is 1. The highest BCUT2D eigenvalue weighted by molar-refractivity contribution is 7.46. The lowest BCUT2D eigenvalue weighted by Gasteiger charge is -2.23. The van der Waals surface area contributed by atoms with Crippen LogP contribution in [0.25, 0.3) is 0 Å². The van der Waals surface area contributed by atoms with E-state index in [-0.39, 0.29) is 0 Å². The molecule has 0 aliphatic heterocycles. The van der Waals surface area contributed by atoms with Gasteiger partial charge in [-0.2, -0.15) is 0 Å². The Labute approximate surface area is 94.1 Å². The first-order valence-corrected chi connectivity index (χ1v) is 6.44. The van der Waals surface area contributed by atoms with Crippen LogP contribution in [0.3, 0.4) is 0 Å². The molecule has 7 nitrogen and oxygen atoms in total. The molecule has 0 bridgehead atoms. The lowest BCUT2D eigenvalue weighted by atomic mass is 10.1. The molecule has 0 unspecified atom stereocenters. The molecule has 0 fully saturated rings. The Morgan fingerprint density at radius 2 is 2.06 bits per heavy atom. The van der Waals surface area contributed by atoms with Crippen LogP contribution in [-0.2, 0) is 13.9 Å². The molecule has 1 amide bonds. The predicted octanol–water partition coefficient (Wildman–Crippen LogP) is -0.239. The molecule has 96 valence electrons. The van der Waals surface area contributed by atoms with Gasteiger partial charge >= 0.3 is 7.82 Å². The summed E-state index contributed by atoms with van der Waals surface area (Å²) in [5.41, 5.74) is 0. The van der Waals surface area contributed by atoms with Gasteiger partial charge in [0.2, 0.25) is 5.91 Å². The lowest BCUT2D eigenvalue weighted by Crippen LogP contribution is -2.45. The van der Waals surface area contributed by atoms with Crippen LogP contribution in [0, 0.1) is 0 Å². The molecule has 16 heavy (non-hydrogen) atoms. The van der Waals surface area contributed by atoms with Gasteiger partial charge in [-0.25, -0.2) is 4.57 Å². The van der Waals surface area contributed by atoms with Crippen molar-refractivity contribution in [3.8, 4) is 0 Å². The zero-order valence-electron chi connectivity index (χ0n) is 9.29. The molecule has 0 saturated heterocycles. The second kappa shape index (κ2) is 6.98. The van der Waals surface area contributed by atoms with E-state index in [1.165, 1.54) is 6.92 Å². The summed E-state index contributed by atoms with van der Waals surface area (Å²) in [6.45, 7) is 2.67. The summed E-state index contributed by atoms with van der Waals surface area (Å²) in [4.78, 5) is 27.8. The summed E-state index contributed by atoms with van der Waals surface area (Å²) >= 11 is 0. The smallest absolute Gasteiger partial charge is 0.391 e. The van der Waals surface area contributed by atoms with E-state index in [4.69, 9.17) is 9.79 Å². The molecule has 0 aromatic carbocycles. The van der Waals surface area contributed by atoms with Crippen molar-refractivity contribution in [3.05, 3.63) is 0 Å². The summed E-state index contributed by atoms with van der Waals surface area (Å²) in [7, 11) is -4.58. The molecule has 2 atom stereocenters. The number of carbonyl (C=O) groups excluding carboxylic acids is 1. The van der Waals surface area contributed by atoms with Crippen LogP contribution < -0.4 is 5.32 Å². The average molecular weight is 255 g/mol. The first kappa shape index (κ1) is 15.5. The zero-order chi connectivity index (χ0) is 12.8. The van der Waals surface area contributed by atoms with E-state index >= 15 is 0 Å². The van der Waals surface area contributed by atoms with Crippen molar-refractivity contribution in [1.82, 2.24) is 5.32 Å². The van der Waals surface area contributed by atoms with Crippen molar-refractivity contribution in [2.45, 2.75) is 38.8 Å². The summed E-state index contributed by atoms with van der Waals surface area (Å²) in [5, 5.41) is 12.0. The fourth-order valence-corrected chi connectivity index (χ4v) is 1.54. The second-order valence-electron chi connectivity index (χ2n) is 3.45. The Morgan fingerprint density at radius 3 is 2.44 bits per heavy atom. The molecule has 0 saturated carbocycles. The number of phosphoric acid groups is 1. The normalized spacial score (nSPS) is 15.6. The topological polar surface area (TPSA) is 116 Å². The Bertz CT molecular complexity index is 265. The predicted molar refractivity (Wildman–Crippen MR) is 56.5 cm³/mol. The standard InChI is InChI=1S/C8H18NO6P/c1-3-4-8(11)7(9-6(2)10)5-15-16(12,13)14/h7-8,11H,3-5H2,1-2H3,(H,9,10)(H2,12,13,14)/t7-,8+/m0/s1. The van der Waals surface area contributed by atoms with E-state index in [1.54, 1.807) is 0 Å². The number of phosphoric ester groups is 1. The van der Waals surface area contributed by atoms with Crippen molar-refractivity contribution in [2.75, 3.05) is 6.61 Å². The quantitative estimate of drug-likeness (QED) is 0.467. The third-order valence-corrected chi connectivity index (χ3v) is 2.35. The number of rotatable bonds is 7. The molecular formula is C8H18NO6P. The molecule has 0 aromatic heterocycles. The third kappa shape index (κ3) is 7.78. The minimum atomic E-state index is -4.58. The van der Waals surface area contributed by atoms with E-state index in [1.807, 2.05) is 6.92 Å². The largest absolute Gasteiger partial charge is 0.469 e. The summed E-state index contributed by atoms with van der Waals surface area (Å²) in [6, 6.07) is -0.815. The number of aliphatic hydroxyl groups excluding tert-OH is 1. The Kier molecular flexibility index (Phi) is 6.78. The third-order valence-electron chi connectivity index (χ3n) is 1.86. The molecule has 0 aliphatic rings. The molecule has 4 N–H and O–H groups in total. The van der Waals surface area contributed by atoms with Gasteiger partial charge in [-0.1, -0.05) is 13.3 Å². The molecule has 0 aliphatic carbocycles. The van der Waals surface area contributed by atoms with Gasteiger partial charge in [0.25, 0.3) is 0 Å². The maximum Gasteiger partial charge on any atom is 0.469 e. The second-order valence-corrected chi connectivity index (χ2v) is 4.69. The Balaban J connectivity index is 4.31. The van der Waals surface area contributed by atoms with Gasteiger partial charge in [0, 0.05) is 6.92 Å². The number of aliphatic hydroxyl groups is 1. The van der Waals surface area contributed by atoms with Gasteiger partial charge in [-0.15, -0.1) is 0 Å². The molecule has 8 heteroatoms. The van der Waals surface area contributed by atoms with E-state index in [9.17, 15) is 14.5 Å². The Hall–Kier alpha value is -0.460. The minimum Gasteiger partial charge on any atom is -0.391 e. The molecule has 0 radical (unpaired) electrons. The first-order chi connectivity index (χ1) is 7.26. The van der Waals surface area contributed by atoms with Crippen LogP contribution in [-0.4, -0.2) is 39.6 Å². The number of nitrogens with one attached hydrogen (secondary N) is 1. The summed E-state index contributed by atoms with van der Waals surface area (Å²) in [5.74, 6) is -0.394. The highest BCUT2D eigenvalue weighted by Gasteiger charge is 2.24. The van der Waals surface area contributed by atoms with Crippen LogP contribution >= 0.6 is 7.82 Å². The van der Waals surface area contributed by atoms with Gasteiger partial charge in [0.05, 0.1) is 18.8 Å². The molecule has 0 rings (SSSR count). The fourth-order valence-electron chi connectivity index (χ4n) is 1.18. The van der Waals surface area contributed by atoms with E-state index in [0.717, 1.165) is 0 Å². The van der Waals surface area contributed by atoms with Gasteiger partial charge < -0.3 is 20.2 Å². The maximum atomic E-state index is 10.8. The van der Waals surface area contributed by atoms with E-state index in [0.29, 0.717) is 12.8 Å². The van der Waals surface area contributed by atoms with Crippen molar-refractivity contribution < 1.29 is 28.8 Å². The van der Waals surface area contributed by atoms with Gasteiger partial charge in [-0.05, 0) is 6.42 Å². The van der Waals surface area contributed by atoms with Crippen LogP contribution in [0.4, 0.5) is 0 Å². The van der Waals surface area contributed by atoms with Crippen LogP contribution in [0.1, 0.15) is 26.7 Å². The molecule has 0 aromatic rings. The lowest BCUT2D eigenvalue weighted by molar-refractivity contribution is -0.121. The van der Waals surface area contributed by atoms with Crippen LogP contribution in [0.5, 0.6) is 0 Å². The summed E-state index contributed by atoms with van der Waals surface area (Å²) < 4.78 is 14.7. The number of amides is 1. The monoisotopic (exact) mass is 255 g/mol. The van der Waals surface area contributed by atoms with Crippen molar-refractivity contribution in [1.29, 1.82) is 0 Å². The average Bonchev–Trinajstić information content (AvgIpc) is 2.10. The van der Waals surface area contributed by atoms with Gasteiger partial charge in [-0.3, -0.25) is 9.32 Å². The van der Waals surface area contributed by atoms with Gasteiger partial charge in [0.1, 0.15) is 0 Å². The van der Waals surface area contributed by atoms with Crippen molar-refractivity contribution in [2.24, 2.45) is 0 Å². The highest BCUT2D eigenvalue weighted by Crippen LogP contribution is 2.35. The van der Waals surface area contributed by atoms with E-state index < -0.39 is 32.5 Å².